The fourth-order valence-electron chi connectivity index (χ4n) is 4.39. The zero-order valence-electron chi connectivity index (χ0n) is 14.2. The summed E-state index contributed by atoms with van der Waals surface area (Å²) >= 11 is 3.45. The quantitative estimate of drug-likeness (QED) is 0.778. The lowest BCUT2D eigenvalue weighted by molar-refractivity contribution is -0.128. The van der Waals surface area contributed by atoms with E-state index < -0.39 is 0 Å². The van der Waals surface area contributed by atoms with Crippen molar-refractivity contribution in [2.75, 3.05) is 0 Å². The van der Waals surface area contributed by atoms with Crippen molar-refractivity contribution in [3.8, 4) is 0 Å². The maximum atomic E-state index is 12.6. The standard InChI is InChI=1S/C19H27BrN2O.ClH/c1-12(9-13-5-7-17(20)8-6-13)22-19(23)16-10-14-3-2-4-15(11-16)18(14)21;/h5-8,12,14-16,18H,2-4,9-11,21H2,1H3,(H,22,23);1H. The molecule has 0 saturated heterocycles. The van der Waals surface area contributed by atoms with Gasteiger partial charge in [-0.05, 0) is 68.6 Å². The van der Waals surface area contributed by atoms with Gasteiger partial charge in [0.1, 0.15) is 0 Å². The molecule has 3 N–H and O–H groups in total. The van der Waals surface area contributed by atoms with E-state index in [2.05, 4.69) is 40.3 Å². The van der Waals surface area contributed by atoms with Crippen LogP contribution in [0, 0.1) is 17.8 Å². The van der Waals surface area contributed by atoms with Gasteiger partial charge in [0, 0.05) is 22.5 Å². The molecule has 2 bridgehead atoms. The van der Waals surface area contributed by atoms with Crippen LogP contribution in [0.15, 0.2) is 28.7 Å². The highest BCUT2D eigenvalue weighted by atomic mass is 79.9. The van der Waals surface area contributed by atoms with Crippen molar-refractivity contribution in [1.29, 1.82) is 0 Å². The van der Waals surface area contributed by atoms with Gasteiger partial charge in [-0.1, -0.05) is 34.5 Å². The average Bonchev–Trinajstić information content (AvgIpc) is 2.49. The number of nitrogens with one attached hydrogen (secondary N) is 1. The van der Waals surface area contributed by atoms with Gasteiger partial charge in [-0.2, -0.15) is 0 Å². The second kappa shape index (κ2) is 8.68. The summed E-state index contributed by atoms with van der Waals surface area (Å²) in [6.45, 7) is 2.09. The predicted molar refractivity (Wildman–Crippen MR) is 104 cm³/mol. The van der Waals surface area contributed by atoms with E-state index in [4.69, 9.17) is 5.73 Å². The second-order valence-electron chi connectivity index (χ2n) is 7.44. The molecule has 3 rings (SSSR count). The Morgan fingerprint density at radius 1 is 1.25 bits per heavy atom. The van der Waals surface area contributed by atoms with Crippen LogP contribution in [0.3, 0.4) is 0 Å². The van der Waals surface area contributed by atoms with E-state index in [9.17, 15) is 4.79 Å². The van der Waals surface area contributed by atoms with Gasteiger partial charge in [0.2, 0.25) is 5.91 Å². The first kappa shape index (κ1) is 19.7. The number of carbonyl (C=O) groups excluding carboxylic acids is 1. The SMILES string of the molecule is CC(Cc1ccc(Br)cc1)NC(=O)C1CC2CCCC(C1)C2N.Cl. The molecule has 0 heterocycles. The highest BCUT2D eigenvalue weighted by Crippen LogP contribution is 2.41. The third kappa shape index (κ3) is 4.74. The number of halogens is 2. The van der Waals surface area contributed by atoms with Gasteiger partial charge in [-0.15, -0.1) is 12.4 Å². The fraction of sp³-hybridized carbons (Fsp3) is 0.632. The van der Waals surface area contributed by atoms with E-state index in [0.717, 1.165) is 23.7 Å². The molecule has 134 valence electrons. The molecule has 1 aromatic carbocycles. The molecule has 1 amide bonds. The Balaban J connectivity index is 0.00000208. The Kier molecular flexibility index (Phi) is 7.14. The van der Waals surface area contributed by atoms with Crippen LogP contribution < -0.4 is 11.1 Å². The zero-order valence-corrected chi connectivity index (χ0v) is 16.6. The van der Waals surface area contributed by atoms with E-state index in [1.807, 2.05) is 12.1 Å². The van der Waals surface area contributed by atoms with E-state index in [-0.39, 0.29) is 30.3 Å². The fourth-order valence-corrected chi connectivity index (χ4v) is 4.65. The monoisotopic (exact) mass is 414 g/mol. The highest BCUT2D eigenvalue weighted by Gasteiger charge is 2.40. The van der Waals surface area contributed by atoms with Crippen molar-refractivity contribution in [3.05, 3.63) is 34.3 Å². The van der Waals surface area contributed by atoms with Crippen LogP contribution >= 0.6 is 28.3 Å². The van der Waals surface area contributed by atoms with Gasteiger partial charge in [0.15, 0.2) is 0 Å². The Morgan fingerprint density at radius 3 is 2.42 bits per heavy atom. The largest absolute Gasteiger partial charge is 0.353 e. The first-order valence-electron chi connectivity index (χ1n) is 8.83. The lowest BCUT2D eigenvalue weighted by Gasteiger charge is -2.43. The highest BCUT2D eigenvalue weighted by molar-refractivity contribution is 9.10. The molecule has 0 aliphatic heterocycles. The summed E-state index contributed by atoms with van der Waals surface area (Å²) in [6, 6.07) is 8.81. The number of rotatable bonds is 4. The molecule has 1 aromatic rings. The minimum absolute atomic E-state index is 0. The molecule has 2 fully saturated rings. The molecule has 0 spiro atoms. The Bertz CT molecular complexity index is 537. The van der Waals surface area contributed by atoms with Crippen LogP contribution in [0.5, 0.6) is 0 Å². The van der Waals surface area contributed by atoms with Crippen molar-refractivity contribution in [3.63, 3.8) is 0 Å². The minimum Gasteiger partial charge on any atom is -0.353 e. The molecule has 0 radical (unpaired) electrons. The van der Waals surface area contributed by atoms with Gasteiger partial charge < -0.3 is 11.1 Å². The molecular weight excluding hydrogens is 388 g/mol. The maximum absolute atomic E-state index is 12.6. The van der Waals surface area contributed by atoms with Crippen molar-refractivity contribution in [2.24, 2.45) is 23.5 Å². The van der Waals surface area contributed by atoms with Crippen LogP contribution in [-0.2, 0) is 11.2 Å². The predicted octanol–water partition coefficient (Wildman–Crippen LogP) is 4.07. The molecule has 24 heavy (non-hydrogen) atoms. The normalized spacial score (nSPS) is 30.1. The average molecular weight is 416 g/mol. The Hall–Kier alpha value is -0.580. The van der Waals surface area contributed by atoms with E-state index in [0.29, 0.717) is 17.9 Å². The first-order chi connectivity index (χ1) is 11.0. The summed E-state index contributed by atoms with van der Waals surface area (Å²) in [5.74, 6) is 1.51. The molecule has 2 saturated carbocycles. The first-order valence-corrected chi connectivity index (χ1v) is 9.62. The van der Waals surface area contributed by atoms with Crippen LogP contribution in [0.4, 0.5) is 0 Å². The van der Waals surface area contributed by atoms with E-state index in [1.54, 1.807) is 0 Å². The van der Waals surface area contributed by atoms with Crippen LogP contribution in [0.2, 0.25) is 0 Å². The number of hydrogen-bond donors (Lipinski definition) is 2. The summed E-state index contributed by atoms with van der Waals surface area (Å²) in [5, 5.41) is 3.23. The summed E-state index contributed by atoms with van der Waals surface area (Å²) in [4.78, 5) is 12.6. The number of fused-ring (bicyclic) bond motifs is 2. The number of hydrogen-bond acceptors (Lipinski definition) is 2. The Morgan fingerprint density at radius 2 is 1.83 bits per heavy atom. The minimum atomic E-state index is 0. The van der Waals surface area contributed by atoms with Gasteiger partial charge in [0.25, 0.3) is 0 Å². The third-order valence-electron chi connectivity index (χ3n) is 5.63. The molecule has 5 heteroatoms. The van der Waals surface area contributed by atoms with Crippen LogP contribution in [-0.4, -0.2) is 18.0 Å². The summed E-state index contributed by atoms with van der Waals surface area (Å²) in [6.07, 6.45) is 6.53. The lowest BCUT2D eigenvalue weighted by atomic mass is 9.65. The molecule has 3 unspecified atom stereocenters. The summed E-state index contributed by atoms with van der Waals surface area (Å²) in [5.41, 5.74) is 7.58. The zero-order chi connectivity index (χ0) is 16.4. The van der Waals surface area contributed by atoms with Gasteiger partial charge >= 0.3 is 0 Å². The molecule has 3 atom stereocenters. The van der Waals surface area contributed by atoms with Gasteiger partial charge in [-0.3, -0.25) is 4.79 Å². The van der Waals surface area contributed by atoms with Crippen molar-refractivity contribution >= 4 is 34.2 Å². The molecular formula is C19H28BrClN2O. The number of carbonyl (C=O) groups is 1. The van der Waals surface area contributed by atoms with Crippen LogP contribution in [0.1, 0.15) is 44.6 Å². The Labute approximate surface area is 159 Å². The number of nitrogens with two attached hydrogens (primary N) is 1. The van der Waals surface area contributed by atoms with Gasteiger partial charge in [0.05, 0.1) is 0 Å². The van der Waals surface area contributed by atoms with Crippen molar-refractivity contribution in [2.45, 2.75) is 57.5 Å². The second-order valence-corrected chi connectivity index (χ2v) is 8.35. The van der Waals surface area contributed by atoms with Crippen molar-refractivity contribution in [1.82, 2.24) is 5.32 Å². The van der Waals surface area contributed by atoms with E-state index in [1.165, 1.54) is 24.8 Å². The van der Waals surface area contributed by atoms with Crippen LogP contribution in [0.25, 0.3) is 0 Å². The maximum Gasteiger partial charge on any atom is 0.223 e. The smallest absolute Gasteiger partial charge is 0.223 e. The molecule has 0 aromatic heterocycles. The van der Waals surface area contributed by atoms with E-state index >= 15 is 0 Å². The molecule has 3 nitrogen and oxygen atoms in total. The number of amides is 1. The summed E-state index contributed by atoms with van der Waals surface area (Å²) in [7, 11) is 0. The van der Waals surface area contributed by atoms with Gasteiger partial charge in [-0.25, -0.2) is 0 Å². The number of benzene rings is 1. The van der Waals surface area contributed by atoms with Crippen molar-refractivity contribution < 1.29 is 4.79 Å². The lowest BCUT2D eigenvalue weighted by Crippen LogP contribution is -2.50. The molecule has 2 aliphatic carbocycles. The summed E-state index contributed by atoms with van der Waals surface area (Å²) < 4.78 is 1.09. The third-order valence-corrected chi connectivity index (χ3v) is 6.16. The molecule has 2 aliphatic rings. The topological polar surface area (TPSA) is 55.1 Å².